The van der Waals surface area contributed by atoms with Gasteiger partial charge in [-0.2, -0.15) is 0 Å². The van der Waals surface area contributed by atoms with Gasteiger partial charge >= 0.3 is 0 Å². The molecule has 184 valence electrons. The van der Waals surface area contributed by atoms with Gasteiger partial charge < -0.3 is 4.90 Å². The number of hydrogen-bond acceptors (Lipinski definition) is 3. The van der Waals surface area contributed by atoms with Crippen molar-refractivity contribution in [2.45, 2.75) is 76.8 Å². The Morgan fingerprint density at radius 2 is 1.62 bits per heavy atom. The third-order valence-electron chi connectivity index (χ3n) is 7.88. The summed E-state index contributed by atoms with van der Waals surface area (Å²) in [6.45, 7) is 4.22. The van der Waals surface area contributed by atoms with E-state index in [4.69, 9.17) is 16.6 Å². The Morgan fingerprint density at radius 1 is 0.882 bits per heavy atom. The van der Waals surface area contributed by atoms with Crippen LogP contribution < -0.4 is 0 Å². The monoisotopic (exact) mass is 501 g/mol. The van der Waals surface area contributed by atoms with E-state index in [-0.39, 0.29) is 18.3 Å². The second kappa shape index (κ2) is 11.9. The molecule has 3 aliphatic rings. The van der Waals surface area contributed by atoms with E-state index in [0.29, 0.717) is 11.9 Å². The van der Waals surface area contributed by atoms with Gasteiger partial charge in [0, 0.05) is 41.8 Å². The standard InChI is InChI=1S/C28H36ClN3O.ClH/c29-27-18-21(24-11-12-25(30-19-24)20-31-14-5-2-6-15-31)9-10-22(27)17-23-13-16-32(28(23)33)26-7-3-1-4-8-26;/h9-12,18-19,23,26H,1-8,13-17,20H2;1H. The van der Waals surface area contributed by atoms with E-state index in [0.717, 1.165) is 53.3 Å². The number of rotatable bonds is 6. The van der Waals surface area contributed by atoms with Crippen LogP contribution in [0.4, 0.5) is 0 Å². The minimum absolute atomic E-state index is 0. The molecule has 1 unspecified atom stereocenters. The minimum atomic E-state index is 0. The highest BCUT2D eigenvalue weighted by molar-refractivity contribution is 6.31. The number of pyridine rings is 1. The molecule has 1 amide bonds. The maximum atomic E-state index is 13.1. The highest BCUT2D eigenvalue weighted by atomic mass is 35.5. The van der Waals surface area contributed by atoms with Crippen molar-refractivity contribution in [1.82, 2.24) is 14.8 Å². The number of likely N-dealkylation sites (tertiary alicyclic amines) is 2. The van der Waals surface area contributed by atoms with E-state index in [1.807, 2.05) is 12.3 Å². The molecule has 2 aromatic rings. The van der Waals surface area contributed by atoms with Crippen LogP contribution in [-0.4, -0.2) is 46.4 Å². The molecule has 1 aliphatic carbocycles. The SMILES string of the molecule is Cl.O=C1C(Cc2ccc(-c3ccc(CN4CCCCC4)nc3)cc2Cl)CCN1C1CCCCC1. The number of amides is 1. The van der Waals surface area contributed by atoms with E-state index in [1.54, 1.807) is 0 Å². The van der Waals surface area contributed by atoms with Crippen molar-refractivity contribution in [2.75, 3.05) is 19.6 Å². The number of carbonyl (C=O) groups excluding carboxylic acids is 1. The first-order valence-electron chi connectivity index (χ1n) is 12.9. The van der Waals surface area contributed by atoms with Gasteiger partial charge in [0.05, 0.1) is 5.69 Å². The Morgan fingerprint density at radius 3 is 2.32 bits per heavy atom. The van der Waals surface area contributed by atoms with E-state index >= 15 is 0 Å². The Kier molecular flexibility index (Phi) is 8.90. The number of aromatic nitrogens is 1. The lowest BCUT2D eigenvalue weighted by atomic mass is 9.93. The molecule has 1 saturated carbocycles. The smallest absolute Gasteiger partial charge is 0.226 e. The quantitative estimate of drug-likeness (QED) is 0.451. The van der Waals surface area contributed by atoms with Crippen molar-refractivity contribution in [1.29, 1.82) is 0 Å². The first kappa shape index (κ1) is 25.5. The molecule has 1 aromatic carbocycles. The first-order chi connectivity index (χ1) is 16.2. The lowest BCUT2D eigenvalue weighted by molar-refractivity contribution is -0.133. The fraction of sp³-hybridized carbons (Fsp3) is 0.571. The van der Waals surface area contributed by atoms with Crippen LogP contribution in [0.15, 0.2) is 36.5 Å². The molecule has 1 atom stereocenters. The van der Waals surface area contributed by atoms with Crippen LogP contribution in [-0.2, 0) is 17.8 Å². The molecule has 3 heterocycles. The minimum Gasteiger partial charge on any atom is -0.339 e. The van der Waals surface area contributed by atoms with Crippen LogP contribution in [0.5, 0.6) is 0 Å². The van der Waals surface area contributed by atoms with E-state index in [9.17, 15) is 4.79 Å². The maximum absolute atomic E-state index is 13.1. The van der Waals surface area contributed by atoms with Gasteiger partial charge in [0.1, 0.15) is 0 Å². The van der Waals surface area contributed by atoms with Crippen molar-refractivity contribution in [3.8, 4) is 11.1 Å². The Hall–Kier alpha value is -1.62. The molecule has 0 radical (unpaired) electrons. The zero-order valence-electron chi connectivity index (χ0n) is 20.1. The van der Waals surface area contributed by atoms with Gasteiger partial charge in [-0.15, -0.1) is 12.4 Å². The summed E-state index contributed by atoms with van der Waals surface area (Å²) in [6, 6.07) is 11.0. The summed E-state index contributed by atoms with van der Waals surface area (Å²) in [4.78, 5) is 22.4. The molecule has 1 aromatic heterocycles. The second-order valence-corrected chi connectivity index (χ2v) is 10.6. The summed E-state index contributed by atoms with van der Waals surface area (Å²) in [6.07, 6.45) is 13.8. The molecule has 2 saturated heterocycles. The van der Waals surface area contributed by atoms with Crippen molar-refractivity contribution < 1.29 is 4.79 Å². The topological polar surface area (TPSA) is 36.4 Å². The summed E-state index contributed by atoms with van der Waals surface area (Å²) >= 11 is 6.70. The van der Waals surface area contributed by atoms with Crippen LogP contribution in [0.25, 0.3) is 11.1 Å². The summed E-state index contributed by atoms with van der Waals surface area (Å²) in [5.41, 5.74) is 4.39. The molecule has 4 nitrogen and oxygen atoms in total. The molecule has 6 heteroatoms. The second-order valence-electron chi connectivity index (χ2n) is 10.2. The molecule has 34 heavy (non-hydrogen) atoms. The van der Waals surface area contributed by atoms with Gasteiger partial charge in [-0.05, 0) is 74.9 Å². The largest absolute Gasteiger partial charge is 0.339 e. The Bertz CT molecular complexity index is 953. The van der Waals surface area contributed by atoms with Crippen molar-refractivity contribution in [3.05, 3.63) is 52.8 Å². The van der Waals surface area contributed by atoms with E-state index < -0.39 is 0 Å². The van der Waals surface area contributed by atoms with Gasteiger partial charge in [0.2, 0.25) is 5.91 Å². The van der Waals surface area contributed by atoms with Gasteiger partial charge in [0.25, 0.3) is 0 Å². The first-order valence-corrected chi connectivity index (χ1v) is 13.3. The number of hydrogen-bond donors (Lipinski definition) is 0. The van der Waals surface area contributed by atoms with Crippen LogP contribution >= 0.6 is 24.0 Å². The molecular formula is C28H37Cl2N3O. The molecule has 3 fully saturated rings. The lowest BCUT2D eigenvalue weighted by Gasteiger charge is -2.31. The number of piperidine rings is 1. The summed E-state index contributed by atoms with van der Waals surface area (Å²) in [5.74, 6) is 0.418. The molecule has 0 spiro atoms. The third-order valence-corrected chi connectivity index (χ3v) is 8.23. The van der Waals surface area contributed by atoms with Crippen LogP contribution in [0.3, 0.4) is 0 Å². The zero-order valence-corrected chi connectivity index (χ0v) is 21.6. The van der Waals surface area contributed by atoms with Gasteiger partial charge in [-0.25, -0.2) is 0 Å². The summed E-state index contributed by atoms with van der Waals surface area (Å²) < 4.78 is 0. The summed E-state index contributed by atoms with van der Waals surface area (Å²) in [7, 11) is 0. The normalized spacial score (nSPS) is 22.1. The van der Waals surface area contributed by atoms with E-state index in [1.165, 1.54) is 64.5 Å². The number of halogens is 2. The molecule has 0 N–H and O–H groups in total. The van der Waals surface area contributed by atoms with Crippen LogP contribution in [0, 0.1) is 5.92 Å². The van der Waals surface area contributed by atoms with Crippen molar-refractivity contribution >= 4 is 29.9 Å². The van der Waals surface area contributed by atoms with Crippen LogP contribution in [0.1, 0.15) is 69.0 Å². The average molecular weight is 503 g/mol. The predicted molar refractivity (Wildman–Crippen MR) is 141 cm³/mol. The zero-order chi connectivity index (χ0) is 22.6. The van der Waals surface area contributed by atoms with Crippen LogP contribution in [0.2, 0.25) is 5.02 Å². The molecule has 5 rings (SSSR count). The number of carbonyl (C=O) groups is 1. The lowest BCUT2D eigenvalue weighted by Crippen LogP contribution is -2.39. The molecule has 0 bridgehead atoms. The predicted octanol–water partition coefficient (Wildman–Crippen LogP) is 6.53. The fourth-order valence-electron chi connectivity index (χ4n) is 5.90. The highest BCUT2D eigenvalue weighted by Gasteiger charge is 2.36. The van der Waals surface area contributed by atoms with Gasteiger partial charge in [-0.3, -0.25) is 14.7 Å². The maximum Gasteiger partial charge on any atom is 0.226 e. The van der Waals surface area contributed by atoms with Crippen molar-refractivity contribution in [3.63, 3.8) is 0 Å². The highest BCUT2D eigenvalue weighted by Crippen LogP contribution is 2.33. The molecular weight excluding hydrogens is 465 g/mol. The average Bonchev–Trinajstić information content (AvgIpc) is 3.22. The van der Waals surface area contributed by atoms with E-state index in [2.05, 4.69) is 34.1 Å². The fourth-order valence-corrected chi connectivity index (χ4v) is 6.16. The Balaban J connectivity index is 0.00000274. The number of benzene rings is 1. The molecule has 2 aliphatic heterocycles. The van der Waals surface area contributed by atoms with Crippen molar-refractivity contribution in [2.24, 2.45) is 5.92 Å². The summed E-state index contributed by atoms with van der Waals surface area (Å²) in [5, 5.41) is 0.758. The third kappa shape index (κ3) is 5.95. The van der Waals surface area contributed by atoms with Gasteiger partial charge in [0.15, 0.2) is 0 Å². The van der Waals surface area contributed by atoms with Gasteiger partial charge in [-0.1, -0.05) is 55.5 Å². The number of nitrogens with zero attached hydrogens (tertiary/aromatic N) is 3. The Labute approximate surface area is 215 Å².